The predicted octanol–water partition coefficient (Wildman–Crippen LogP) is 3.13. The molecule has 2 rings (SSSR count). The molecule has 0 saturated carbocycles. The van der Waals surface area contributed by atoms with Gasteiger partial charge in [0.1, 0.15) is 0 Å². The molecule has 2 aromatic rings. The van der Waals surface area contributed by atoms with E-state index in [9.17, 15) is 9.59 Å². The summed E-state index contributed by atoms with van der Waals surface area (Å²) >= 11 is 5.82. The van der Waals surface area contributed by atoms with Gasteiger partial charge in [-0.3, -0.25) is 14.5 Å². The Morgan fingerprint density at radius 3 is 2.27 bits per heavy atom. The van der Waals surface area contributed by atoms with Gasteiger partial charge in [-0.25, -0.2) is 0 Å². The fourth-order valence-electron chi connectivity index (χ4n) is 2.50. The molecule has 0 aliphatic carbocycles. The number of nitrogens with zero attached hydrogens (tertiary/aromatic N) is 1. The average molecular weight is 374 g/mol. The van der Waals surface area contributed by atoms with E-state index in [0.717, 1.165) is 0 Å². The first-order chi connectivity index (χ1) is 12.4. The second kappa shape index (κ2) is 9.94. The Morgan fingerprint density at radius 2 is 1.62 bits per heavy atom. The highest BCUT2D eigenvalue weighted by Gasteiger charge is 2.12. The van der Waals surface area contributed by atoms with Crippen molar-refractivity contribution in [1.82, 2.24) is 10.2 Å². The van der Waals surface area contributed by atoms with Gasteiger partial charge in [0.25, 0.3) is 0 Å². The number of rotatable bonds is 8. The van der Waals surface area contributed by atoms with Crippen molar-refractivity contribution in [2.45, 2.75) is 12.8 Å². The summed E-state index contributed by atoms with van der Waals surface area (Å²) in [7, 11) is 1.74. The highest BCUT2D eigenvalue weighted by molar-refractivity contribution is 6.30. The summed E-state index contributed by atoms with van der Waals surface area (Å²) < 4.78 is 0. The maximum atomic E-state index is 12.1. The molecule has 2 N–H and O–H groups in total. The van der Waals surface area contributed by atoms with Gasteiger partial charge in [-0.2, -0.15) is 0 Å². The number of halogens is 1. The summed E-state index contributed by atoms with van der Waals surface area (Å²) in [4.78, 5) is 25.8. The smallest absolute Gasteiger partial charge is 0.238 e. The minimum absolute atomic E-state index is 0.102. The highest BCUT2D eigenvalue weighted by Crippen LogP contribution is 2.14. The number of hydrogen-bond acceptors (Lipinski definition) is 3. The number of benzene rings is 2. The molecule has 0 aliphatic heterocycles. The normalized spacial score (nSPS) is 11.8. The molecule has 0 unspecified atom stereocenters. The third kappa shape index (κ3) is 6.86. The molecule has 0 bridgehead atoms. The van der Waals surface area contributed by atoms with Crippen molar-refractivity contribution < 1.29 is 9.59 Å². The molecule has 0 fully saturated rings. The van der Waals surface area contributed by atoms with Gasteiger partial charge in [-0.1, -0.05) is 48.9 Å². The van der Waals surface area contributed by atoms with Gasteiger partial charge in [-0.15, -0.1) is 0 Å². The van der Waals surface area contributed by atoms with E-state index >= 15 is 0 Å². The first-order valence-electron chi connectivity index (χ1n) is 8.49. The van der Waals surface area contributed by atoms with E-state index in [-0.39, 0.29) is 30.8 Å². The van der Waals surface area contributed by atoms with Gasteiger partial charge in [0, 0.05) is 17.3 Å². The Bertz CT molecular complexity index is 720. The van der Waals surface area contributed by atoms with E-state index in [1.165, 1.54) is 5.56 Å². The SMILES string of the molecule is C[C@@H](CNC(=O)CN(C)CC(=O)Nc1ccc(Cl)cc1)c1ccccc1. The van der Waals surface area contributed by atoms with Crippen molar-refractivity contribution >= 4 is 29.1 Å². The molecular formula is C20H24ClN3O2. The molecule has 26 heavy (non-hydrogen) atoms. The topological polar surface area (TPSA) is 61.4 Å². The molecule has 6 heteroatoms. The molecule has 2 amide bonds. The summed E-state index contributed by atoms with van der Waals surface area (Å²) in [6.07, 6.45) is 0. The Kier molecular flexibility index (Phi) is 7.63. The highest BCUT2D eigenvalue weighted by atomic mass is 35.5. The number of likely N-dealkylation sites (N-methyl/N-ethyl adjacent to an activating group) is 1. The van der Waals surface area contributed by atoms with Crippen LogP contribution in [0.25, 0.3) is 0 Å². The number of amides is 2. The van der Waals surface area contributed by atoms with Crippen LogP contribution < -0.4 is 10.6 Å². The summed E-state index contributed by atoms with van der Waals surface area (Å²) in [5, 5.41) is 6.30. The van der Waals surface area contributed by atoms with Crippen molar-refractivity contribution in [3.8, 4) is 0 Å². The fraction of sp³-hybridized carbons (Fsp3) is 0.300. The van der Waals surface area contributed by atoms with E-state index in [2.05, 4.69) is 17.6 Å². The van der Waals surface area contributed by atoms with Crippen molar-refractivity contribution in [2.75, 3.05) is 32.0 Å². The van der Waals surface area contributed by atoms with Crippen LogP contribution in [0.1, 0.15) is 18.4 Å². The van der Waals surface area contributed by atoms with Crippen LogP contribution in [0.15, 0.2) is 54.6 Å². The van der Waals surface area contributed by atoms with Crippen LogP contribution in [-0.2, 0) is 9.59 Å². The summed E-state index contributed by atoms with van der Waals surface area (Å²) in [5.74, 6) is -0.0477. The van der Waals surface area contributed by atoms with Gasteiger partial charge in [0.2, 0.25) is 11.8 Å². The zero-order valence-electron chi connectivity index (χ0n) is 15.0. The molecule has 0 heterocycles. The maximum absolute atomic E-state index is 12.1. The van der Waals surface area contributed by atoms with Crippen LogP contribution in [0.4, 0.5) is 5.69 Å². The zero-order valence-corrected chi connectivity index (χ0v) is 15.8. The van der Waals surface area contributed by atoms with Gasteiger partial charge < -0.3 is 10.6 Å². The molecule has 0 radical (unpaired) electrons. The molecule has 0 saturated heterocycles. The second-order valence-electron chi connectivity index (χ2n) is 6.34. The number of carbonyl (C=O) groups is 2. The van der Waals surface area contributed by atoms with Crippen LogP contribution in [0.2, 0.25) is 5.02 Å². The lowest BCUT2D eigenvalue weighted by Crippen LogP contribution is -2.39. The largest absolute Gasteiger partial charge is 0.354 e. The molecule has 0 aromatic heterocycles. The molecule has 5 nitrogen and oxygen atoms in total. The minimum Gasteiger partial charge on any atom is -0.354 e. The Balaban J connectivity index is 1.71. The maximum Gasteiger partial charge on any atom is 0.238 e. The fourth-order valence-corrected chi connectivity index (χ4v) is 2.63. The van der Waals surface area contributed by atoms with Crippen LogP contribution in [0.3, 0.4) is 0 Å². The number of anilines is 1. The average Bonchev–Trinajstić information content (AvgIpc) is 2.62. The molecule has 1 atom stereocenters. The third-order valence-electron chi connectivity index (χ3n) is 3.93. The summed E-state index contributed by atoms with van der Waals surface area (Å²) in [5.41, 5.74) is 1.86. The third-order valence-corrected chi connectivity index (χ3v) is 4.18. The van der Waals surface area contributed by atoms with E-state index in [4.69, 9.17) is 11.6 Å². The van der Waals surface area contributed by atoms with E-state index in [1.54, 1.807) is 36.2 Å². The van der Waals surface area contributed by atoms with Gasteiger partial charge >= 0.3 is 0 Å². The lowest BCUT2D eigenvalue weighted by molar-refractivity contribution is -0.123. The molecule has 0 spiro atoms. The monoisotopic (exact) mass is 373 g/mol. The van der Waals surface area contributed by atoms with Crippen LogP contribution in [0.5, 0.6) is 0 Å². The second-order valence-corrected chi connectivity index (χ2v) is 6.78. The summed E-state index contributed by atoms with van der Waals surface area (Å²) in [6, 6.07) is 16.9. The van der Waals surface area contributed by atoms with Crippen LogP contribution >= 0.6 is 11.6 Å². The van der Waals surface area contributed by atoms with E-state index in [0.29, 0.717) is 17.3 Å². The Hall–Kier alpha value is -2.37. The summed E-state index contributed by atoms with van der Waals surface area (Å²) in [6.45, 7) is 2.92. The van der Waals surface area contributed by atoms with E-state index < -0.39 is 0 Å². The first kappa shape index (κ1) is 19.9. The zero-order chi connectivity index (χ0) is 18.9. The molecule has 0 aliphatic rings. The number of carbonyl (C=O) groups excluding carboxylic acids is 2. The molecule has 138 valence electrons. The Labute approximate surface area is 159 Å². The van der Waals surface area contributed by atoms with Gasteiger partial charge in [-0.05, 0) is 42.8 Å². The quantitative estimate of drug-likeness (QED) is 0.747. The van der Waals surface area contributed by atoms with E-state index in [1.807, 2.05) is 30.3 Å². The minimum atomic E-state index is -0.180. The standard InChI is InChI=1S/C20H24ClN3O2/c1-15(16-6-4-3-5-7-16)12-22-19(25)13-24(2)14-20(26)23-18-10-8-17(21)9-11-18/h3-11,15H,12-14H2,1-2H3,(H,22,25)(H,23,26)/t15-/m0/s1. The van der Waals surface area contributed by atoms with Gasteiger partial charge in [0.15, 0.2) is 0 Å². The van der Waals surface area contributed by atoms with Crippen molar-refractivity contribution in [3.63, 3.8) is 0 Å². The van der Waals surface area contributed by atoms with Crippen molar-refractivity contribution in [3.05, 3.63) is 65.2 Å². The molecule has 2 aromatic carbocycles. The molecular weight excluding hydrogens is 350 g/mol. The lowest BCUT2D eigenvalue weighted by Gasteiger charge is -2.17. The van der Waals surface area contributed by atoms with Crippen LogP contribution in [-0.4, -0.2) is 43.4 Å². The number of hydrogen-bond donors (Lipinski definition) is 2. The Morgan fingerprint density at radius 1 is 1.00 bits per heavy atom. The first-order valence-corrected chi connectivity index (χ1v) is 8.87. The predicted molar refractivity (Wildman–Crippen MR) is 105 cm³/mol. The van der Waals surface area contributed by atoms with Crippen molar-refractivity contribution in [1.29, 1.82) is 0 Å². The number of nitrogens with one attached hydrogen (secondary N) is 2. The lowest BCUT2D eigenvalue weighted by atomic mass is 10.0. The van der Waals surface area contributed by atoms with Crippen molar-refractivity contribution in [2.24, 2.45) is 0 Å². The van der Waals surface area contributed by atoms with Crippen LogP contribution in [0, 0.1) is 0 Å². The van der Waals surface area contributed by atoms with Gasteiger partial charge in [0.05, 0.1) is 13.1 Å².